The van der Waals surface area contributed by atoms with Gasteiger partial charge in [-0.2, -0.15) is 0 Å². The molecule has 0 radical (unpaired) electrons. The van der Waals surface area contributed by atoms with Crippen LogP contribution in [0.25, 0.3) is 78.4 Å². The van der Waals surface area contributed by atoms with Crippen molar-refractivity contribution in [1.29, 1.82) is 0 Å². The van der Waals surface area contributed by atoms with Gasteiger partial charge in [0.2, 0.25) is 9.84 Å². The number of sulfone groups is 1. The SMILES string of the molecule is O=S1(=O)c2ccccc2-c2cc(-c3nc(-c4ccc(-c5ccccc5)cc4)nc(-c4ccc5oc6ccccc6c5c4)n3)ccc21. The Morgan fingerprint density at radius 1 is 0.413 bits per heavy atom. The van der Waals surface area contributed by atoms with Gasteiger partial charge in [0, 0.05) is 38.6 Å². The minimum absolute atomic E-state index is 0.292. The van der Waals surface area contributed by atoms with Gasteiger partial charge in [-0.25, -0.2) is 23.4 Å². The fourth-order valence-electron chi connectivity index (χ4n) is 6.23. The molecule has 7 heteroatoms. The largest absolute Gasteiger partial charge is 0.456 e. The highest BCUT2D eigenvalue weighted by molar-refractivity contribution is 7.92. The molecule has 0 bridgehead atoms. The zero-order valence-corrected chi connectivity index (χ0v) is 25.1. The van der Waals surface area contributed by atoms with E-state index in [0.29, 0.717) is 44.0 Å². The summed E-state index contributed by atoms with van der Waals surface area (Å²) in [5.74, 6) is 1.48. The van der Waals surface area contributed by atoms with Gasteiger partial charge in [-0.05, 0) is 59.7 Å². The molecule has 0 atom stereocenters. The maximum atomic E-state index is 13.3. The van der Waals surface area contributed by atoms with E-state index in [1.165, 1.54) is 0 Å². The zero-order valence-electron chi connectivity index (χ0n) is 24.3. The summed E-state index contributed by atoms with van der Waals surface area (Å²) in [5.41, 5.74) is 7.51. The molecule has 0 aliphatic carbocycles. The Bertz CT molecular complexity index is 2590. The maximum Gasteiger partial charge on any atom is 0.207 e. The predicted molar refractivity (Wildman–Crippen MR) is 180 cm³/mol. The summed E-state index contributed by atoms with van der Waals surface area (Å²) in [7, 11) is -3.59. The van der Waals surface area contributed by atoms with Crippen molar-refractivity contribution in [3.05, 3.63) is 140 Å². The third kappa shape index (κ3) is 4.17. The van der Waals surface area contributed by atoms with Gasteiger partial charge >= 0.3 is 0 Å². The molecule has 0 amide bonds. The molecule has 6 nitrogen and oxygen atoms in total. The summed E-state index contributed by atoms with van der Waals surface area (Å²) >= 11 is 0. The molecule has 0 N–H and O–H groups in total. The molecule has 1 aliphatic rings. The van der Waals surface area contributed by atoms with Gasteiger partial charge in [0.1, 0.15) is 11.2 Å². The van der Waals surface area contributed by atoms with Crippen LogP contribution in [0.15, 0.2) is 154 Å². The van der Waals surface area contributed by atoms with Crippen LogP contribution in [-0.2, 0) is 9.84 Å². The van der Waals surface area contributed by atoms with Crippen molar-refractivity contribution in [3.63, 3.8) is 0 Å². The molecule has 0 saturated heterocycles. The number of para-hydroxylation sites is 1. The van der Waals surface area contributed by atoms with Crippen molar-refractivity contribution in [3.8, 4) is 56.4 Å². The predicted octanol–water partition coefficient (Wildman–Crippen LogP) is 9.25. The number of hydrogen-bond donors (Lipinski definition) is 0. The molecule has 46 heavy (non-hydrogen) atoms. The van der Waals surface area contributed by atoms with Crippen LogP contribution in [0.5, 0.6) is 0 Å². The summed E-state index contributed by atoms with van der Waals surface area (Å²) in [4.78, 5) is 15.4. The molecule has 0 saturated carbocycles. The van der Waals surface area contributed by atoms with E-state index in [2.05, 4.69) is 24.3 Å². The first-order chi connectivity index (χ1) is 22.5. The number of hydrogen-bond acceptors (Lipinski definition) is 6. The number of furan rings is 1. The van der Waals surface area contributed by atoms with Crippen molar-refractivity contribution in [1.82, 2.24) is 15.0 Å². The Morgan fingerprint density at radius 2 is 0.957 bits per heavy atom. The van der Waals surface area contributed by atoms with Crippen molar-refractivity contribution in [2.45, 2.75) is 9.79 Å². The molecule has 1 aliphatic heterocycles. The van der Waals surface area contributed by atoms with Crippen molar-refractivity contribution < 1.29 is 12.8 Å². The normalized spacial score (nSPS) is 13.1. The fourth-order valence-corrected chi connectivity index (χ4v) is 7.89. The lowest BCUT2D eigenvalue weighted by molar-refractivity contribution is 0.598. The Labute approximate surface area is 264 Å². The Morgan fingerprint density at radius 3 is 1.76 bits per heavy atom. The Kier molecular flexibility index (Phi) is 5.79. The van der Waals surface area contributed by atoms with Gasteiger partial charge in [-0.15, -0.1) is 0 Å². The molecular weight excluding hydrogens is 591 g/mol. The highest BCUT2D eigenvalue weighted by Gasteiger charge is 2.33. The first kappa shape index (κ1) is 26.5. The molecule has 0 spiro atoms. The molecule has 218 valence electrons. The van der Waals surface area contributed by atoms with Crippen LogP contribution in [0, 0.1) is 0 Å². The fraction of sp³-hybridized carbons (Fsp3) is 0. The van der Waals surface area contributed by atoms with Gasteiger partial charge in [-0.3, -0.25) is 0 Å². The highest BCUT2D eigenvalue weighted by Crippen LogP contribution is 2.44. The van der Waals surface area contributed by atoms with E-state index in [-0.39, 0.29) is 0 Å². The maximum absolute atomic E-state index is 13.3. The van der Waals surface area contributed by atoms with E-state index in [1.54, 1.807) is 24.3 Å². The van der Waals surface area contributed by atoms with E-state index >= 15 is 0 Å². The second-order valence-corrected chi connectivity index (χ2v) is 13.2. The highest BCUT2D eigenvalue weighted by atomic mass is 32.2. The van der Waals surface area contributed by atoms with Gasteiger partial charge in [0.15, 0.2) is 17.5 Å². The monoisotopic (exact) mass is 613 g/mol. The topological polar surface area (TPSA) is 86.0 Å². The molecular formula is C39H23N3O3S. The smallest absolute Gasteiger partial charge is 0.207 e. The average molecular weight is 614 g/mol. The third-order valence-electron chi connectivity index (χ3n) is 8.51. The lowest BCUT2D eigenvalue weighted by atomic mass is 10.0. The van der Waals surface area contributed by atoms with Crippen molar-refractivity contribution in [2.75, 3.05) is 0 Å². The van der Waals surface area contributed by atoms with Crippen LogP contribution in [0.4, 0.5) is 0 Å². The van der Waals surface area contributed by atoms with Crippen molar-refractivity contribution in [2.24, 2.45) is 0 Å². The molecule has 8 aromatic rings. The molecule has 2 aromatic heterocycles. The average Bonchev–Trinajstić information content (AvgIpc) is 3.60. The van der Waals surface area contributed by atoms with Gasteiger partial charge < -0.3 is 4.42 Å². The van der Waals surface area contributed by atoms with E-state index < -0.39 is 9.84 Å². The number of benzene rings is 6. The first-order valence-electron chi connectivity index (χ1n) is 14.9. The number of aromatic nitrogens is 3. The summed E-state index contributed by atoms with van der Waals surface area (Å²) < 4.78 is 32.6. The summed E-state index contributed by atoms with van der Waals surface area (Å²) in [6.45, 7) is 0. The van der Waals surface area contributed by atoms with Gasteiger partial charge in [-0.1, -0.05) is 91.0 Å². The third-order valence-corrected chi connectivity index (χ3v) is 10.4. The first-order valence-corrected chi connectivity index (χ1v) is 16.3. The number of fused-ring (bicyclic) bond motifs is 6. The standard InChI is InChI=1S/C39H23N3O3S/c43-46(44)35-13-7-5-11-30(35)32-23-28(19-21-36(32)46)39-41-37(26-16-14-25(15-17-26)24-8-2-1-3-9-24)40-38(42-39)27-18-20-34-31(22-27)29-10-4-6-12-33(29)45-34/h1-23H. The van der Waals surface area contributed by atoms with Gasteiger partial charge in [0.25, 0.3) is 0 Å². The van der Waals surface area contributed by atoms with Crippen LogP contribution in [-0.4, -0.2) is 23.4 Å². The van der Waals surface area contributed by atoms with Crippen LogP contribution >= 0.6 is 0 Å². The summed E-state index contributed by atoms with van der Waals surface area (Å²) in [5, 5.41) is 1.99. The number of rotatable bonds is 4. The van der Waals surface area contributed by atoms with Crippen molar-refractivity contribution >= 4 is 31.8 Å². The summed E-state index contributed by atoms with van der Waals surface area (Å²) in [6, 6.07) is 44.7. The van der Waals surface area contributed by atoms with E-state index in [0.717, 1.165) is 44.2 Å². The molecule has 0 unspecified atom stereocenters. The quantitative estimate of drug-likeness (QED) is 0.197. The molecule has 6 aromatic carbocycles. The Balaban J connectivity index is 1.22. The Hall–Kier alpha value is -5.92. The lowest BCUT2D eigenvalue weighted by Gasteiger charge is -2.10. The second kappa shape index (κ2) is 10.1. The number of nitrogens with zero attached hydrogens (tertiary/aromatic N) is 3. The van der Waals surface area contributed by atoms with E-state index in [9.17, 15) is 8.42 Å². The van der Waals surface area contributed by atoms with Crippen LogP contribution in [0.3, 0.4) is 0 Å². The van der Waals surface area contributed by atoms with E-state index in [4.69, 9.17) is 19.4 Å². The van der Waals surface area contributed by atoms with Gasteiger partial charge in [0.05, 0.1) is 9.79 Å². The van der Waals surface area contributed by atoms with Crippen LogP contribution in [0.1, 0.15) is 0 Å². The second-order valence-electron chi connectivity index (χ2n) is 11.3. The zero-order chi connectivity index (χ0) is 30.8. The van der Waals surface area contributed by atoms with E-state index in [1.807, 2.05) is 91.0 Å². The minimum Gasteiger partial charge on any atom is -0.456 e. The molecule has 0 fully saturated rings. The summed E-state index contributed by atoms with van der Waals surface area (Å²) in [6.07, 6.45) is 0. The molecule has 3 heterocycles. The van der Waals surface area contributed by atoms with Crippen LogP contribution < -0.4 is 0 Å². The molecule has 9 rings (SSSR count). The minimum atomic E-state index is -3.59. The lowest BCUT2D eigenvalue weighted by Crippen LogP contribution is -2.01. The van der Waals surface area contributed by atoms with Crippen LogP contribution in [0.2, 0.25) is 0 Å².